The highest BCUT2D eigenvalue weighted by atomic mass is 16.7. The quantitative estimate of drug-likeness (QED) is 0.145. The van der Waals surface area contributed by atoms with Crippen molar-refractivity contribution in [3.8, 4) is 0 Å². The summed E-state index contributed by atoms with van der Waals surface area (Å²) in [5, 5.41) is 73.2. The van der Waals surface area contributed by atoms with Crippen LogP contribution < -0.4 is 0 Å². The number of rotatable bonds is 8. The maximum atomic E-state index is 13.9. The van der Waals surface area contributed by atoms with Crippen LogP contribution in [0.25, 0.3) is 0 Å². The Balaban J connectivity index is 1.45. The van der Waals surface area contributed by atoms with E-state index in [0.29, 0.717) is 31.8 Å². The minimum atomic E-state index is -2.47. The Kier molecular flexibility index (Phi) is 10.3. The van der Waals surface area contributed by atoms with Gasteiger partial charge in [-0.3, -0.25) is 19.3 Å². The summed E-state index contributed by atoms with van der Waals surface area (Å²) < 4.78 is 31.1. The van der Waals surface area contributed by atoms with Gasteiger partial charge in [0.15, 0.2) is 17.8 Å². The van der Waals surface area contributed by atoms with Crippen LogP contribution in [0, 0.1) is 46.8 Å². The SMILES string of the molecule is CC[C@@H](C)C(=O)O[C@H]1[C@H](O)[C@H]2[C@@H](CN3C[C@@H](C)CC[C@H]3[C@@]2(C)O)[C@@H]2C[C@]34O[C@@]5(O)[C@@H](OC(=O)[C@@](C)(O)[C@@H](C)O)CC[C@@]3(C)[C@@H]5[C@@H](OC(C)=O)[C@@H](OC(C)=O)[C@H]4[C@@]21O. The van der Waals surface area contributed by atoms with Gasteiger partial charge in [-0.25, -0.2) is 4.79 Å². The van der Waals surface area contributed by atoms with Crippen molar-refractivity contribution < 1.29 is 73.5 Å². The van der Waals surface area contributed by atoms with Gasteiger partial charge in [-0.2, -0.15) is 0 Å². The highest BCUT2D eigenvalue weighted by Crippen LogP contribution is 2.78. The molecule has 0 aromatic heterocycles. The molecule has 4 bridgehead atoms. The Morgan fingerprint density at radius 2 is 1.54 bits per heavy atom. The molecule has 1 spiro atoms. The van der Waals surface area contributed by atoms with E-state index < -0.39 is 130 Å². The number of carbonyl (C=O) groups excluding carboxylic acids is 4. The molecule has 7 rings (SSSR count). The Bertz CT molecular complexity index is 1650. The molecule has 16 nitrogen and oxygen atoms in total. The van der Waals surface area contributed by atoms with Crippen LogP contribution in [0.1, 0.15) is 101 Å². The first-order valence-corrected chi connectivity index (χ1v) is 20.8. The largest absolute Gasteiger partial charge is 0.458 e. The molecule has 7 fully saturated rings. The van der Waals surface area contributed by atoms with Gasteiger partial charge >= 0.3 is 23.9 Å². The zero-order valence-corrected chi connectivity index (χ0v) is 34.5. The zero-order chi connectivity index (χ0) is 42.2. The normalized spacial score (nSPS) is 50.4. The number of carbonyl (C=O) groups is 4. The molecule has 20 atom stereocenters. The van der Waals surface area contributed by atoms with Crippen molar-refractivity contribution in [1.29, 1.82) is 0 Å². The number of aliphatic hydroxyl groups is 6. The first kappa shape index (κ1) is 42.7. The lowest BCUT2D eigenvalue weighted by molar-refractivity contribution is -0.301. The van der Waals surface area contributed by atoms with E-state index >= 15 is 0 Å². The van der Waals surface area contributed by atoms with Crippen LogP contribution in [0.15, 0.2) is 0 Å². The summed E-state index contributed by atoms with van der Waals surface area (Å²) >= 11 is 0. The van der Waals surface area contributed by atoms with E-state index in [1.165, 1.54) is 6.92 Å². The van der Waals surface area contributed by atoms with Gasteiger partial charge in [0.1, 0.15) is 17.8 Å². The summed E-state index contributed by atoms with van der Waals surface area (Å²) in [6.07, 6.45) is -7.41. The second-order valence-electron chi connectivity index (χ2n) is 19.4. The number of hydrogen-bond acceptors (Lipinski definition) is 16. The summed E-state index contributed by atoms with van der Waals surface area (Å²) in [4.78, 5) is 55.6. The third-order valence-electron chi connectivity index (χ3n) is 16.1. The molecule has 7 aliphatic rings. The van der Waals surface area contributed by atoms with Gasteiger partial charge in [0.05, 0.1) is 41.2 Å². The summed E-state index contributed by atoms with van der Waals surface area (Å²) in [6.45, 7) is 14.7. The van der Waals surface area contributed by atoms with E-state index in [-0.39, 0.29) is 25.3 Å². The Labute approximate surface area is 333 Å². The van der Waals surface area contributed by atoms with Gasteiger partial charge in [0.25, 0.3) is 0 Å². The molecule has 0 amide bonds. The predicted molar refractivity (Wildman–Crippen MR) is 196 cm³/mol. The molecule has 0 unspecified atom stereocenters. The fourth-order valence-corrected chi connectivity index (χ4v) is 13.1. The fourth-order valence-electron chi connectivity index (χ4n) is 13.1. The first-order chi connectivity index (χ1) is 26.3. The second kappa shape index (κ2) is 13.8. The Hall–Kier alpha value is -2.44. The molecular weight excluding hydrogens is 746 g/mol. The minimum absolute atomic E-state index is 0.0170. The predicted octanol–water partition coefficient (Wildman–Crippen LogP) is 0.578. The van der Waals surface area contributed by atoms with Gasteiger partial charge in [0, 0.05) is 44.3 Å². The van der Waals surface area contributed by atoms with Gasteiger partial charge in [0.2, 0.25) is 5.79 Å². The molecule has 322 valence electrons. The molecule has 0 aromatic carbocycles. The highest BCUT2D eigenvalue weighted by molar-refractivity contribution is 5.79. The molecule has 4 saturated carbocycles. The fraction of sp³-hybridized carbons (Fsp3) is 0.902. The van der Waals surface area contributed by atoms with Crippen molar-refractivity contribution in [3.63, 3.8) is 0 Å². The second-order valence-corrected chi connectivity index (χ2v) is 19.4. The van der Waals surface area contributed by atoms with E-state index in [1.807, 2.05) is 6.92 Å². The molecular formula is C41H63NO15. The van der Waals surface area contributed by atoms with Crippen molar-refractivity contribution in [2.24, 2.45) is 46.8 Å². The van der Waals surface area contributed by atoms with Gasteiger partial charge < -0.3 is 54.3 Å². The van der Waals surface area contributed by atoms with Crippen LogP contribution >= 0.6 is 0 Å². The van der Waals surface area contributed by atoms with Crippen LogP contribution in [-0.2, 0) is 42.9 Å². The lowest BCUT2D eigenvalue weighted by atomic mass is 9.48. The molecule has 3 aliphatic heterocycles. The molecule has 6 N–H and O–H groups in total. The maximum absolute atomic E-state index is 13.9. The van der Waals surface area contributed by atoms with Crippen LogP contribution in [0.2, 0.25) is 0 Å². The van der Waals surface area contributed by atoms with Crippen molar-refractivity contribution in [2.75, 3.05) is 13.1 Å². The number of piperidine rings is 2. The summed E-state index contributed by atoms with van der Waals surface area (Å²) in [5.74, 6) is -11.5. The molecule has 3 heterocycles. The molecule has 16 heteroatoms. The van der Waals surface area contributed by atoms with E-state index in [1.54, 1.807) is 20.8 Å². The number of esters is 4. The molecule has 0 radical (unpaired) electrons. The topological polar surface area (TPSA) is 239 Å². The Morgan fingerprint density at radius 3 is 2.12 bits per heavy atom. The average molecular weight is 810 g/mol. The maximum Gasteiger partial charge on any atom is 0.341 e. The summed E-state index contributed by atoms with van der Waals surface area (Å²) in [5.41, 5.74) is -9.03. The van der Waals surface area contributed by atoms with E-state index in [4.69, 9.17) is 23.7 Å². The summed E-state index contributed by atoms with van der Waals surface area (Å²) in [7, 11) is 0. The van der Waals surface area contributed by atoms with Gasteiger partial charge in [-0.05, 0) is 77.0 Å². The highest BCUT2D eigenvalue weighted by Gasteiger charge is 2.90. The monoisotopic (exact) mass is 809 g/mol. The number of nitrogens with zero attached hydrogens (tertiary/aromatic N) is 1. The first-order valence-electron chi connectivity index (χ1n) is 20.8. The van der Waals surface area contributed by atoms with Gasteiger partial charge in [-0.15, -0.1) is 0 Å². The standard InChI is InChI=1S/C41H63NO15/c1-10-19(3)34(47)56-33-28(46)27-23(17-42-16-18(2)11-12-25(42)38(27,9)50)24-15-39-32(40(24,33)51)30(54-22(6)45)29(53-21(5)44)31-36(39,7)14-13-26(41(31,52)57-39)55-35(48)37(8,49)20(4)43/h18-20,23-33,43,46,49-52H,10-17H2,1-9H3/t18-,19+,20+,23-,24-,25-,26-,27+,28+,29-,30+,31-,32+,33-,36-,37-,38+,39+,40-,41-/m0/s1. The number of fused-ring (bicyclic) bond motifs is 5. The van der Waals surface area contributed by atoms with Crippen LogP contribution in [0.3, 0.4) is 0 Å². The third-order valence-corrected chi connectivity index (χ3v) is 16.1. The third kappa shape index (κ3) is 5.81. The smallest absolute Gasteiger partial charge is 0.341 e. The van der Waals surface area contributed by atoms with Crippen molar-refractivity contribution in [2.45, 2.75) is 172 Å². The van der Waals surface area contributed by atoms with Gasteiger partial charge in [-0.1, -0.05) is 27.7 Å². The Morgan fingerprint density at radius 1 is 0.930 bits per heavy atom. The zero-order valence-electron chi connectivity index (χ0n) is 34.5. The molecule has 4 aliphatic carbocycles. The van der Waals surface area contributed by atoms with E-state index in [9.17, 15) is 49.8 Å². The molecule has 3 saturated heterocycles. The van der Waals surface area contributed by atoms with E-state index in [2.05, 4.69) is 11.8 Å². The van der Waals surface area contributed by atoms with Crippen LogP contribution in [0.4, 0.5) is 0 Å². The van der Waals surface area contributed by atoms with Crippen LogP contribution in [-0.4, -0.2) is 143 Å². The van der Waals surface area contributed by atoms with E-state index in [0.717, 1.165) is 27.2 Å². The minimum Gasteiger partial charge on any atom is -0.458 e. The average Bonchev–Trinajstić information content (AvgIpc) is 3.40. The van der Waals surface area contributed by atoms with Crippen molar-refractivity contribution >= 4 is 23.9 Å². The lowest BCUT2D eigenvalue weighted by Crippen LogP contribution is -2.78. The number of ether oxygens (including phenoxy) is 5. The van der Waals surface area contributed by atoms with Crippen molar-refractivity contribution in [3.05, 3.63) is 0 Å². The summed E-state index contributed by atoms with van der Waals surface area (Å²) in [6, 6.07) is -0.329. The van der Waals surface area contributed by atoms with Crippen molar-refractivity contribution in [1.82, 2.24) is 4.90 Å². The number of aliphatic hydroxyl groups excluding tert-OH is 2. The molecule has 57 heavy (non-hydrogen) atoms. The molecule has 0 aromatic rings. The van der Waals surface area contributed by atoms with Crippen LogP contribution in [0.5, 0.6) is 0 Å². The lowest BCUT2D eigenvalue weighted by Gasteiger charge is -2.64. The number of hydrogen-bond donors (Lipinski definition) is 6.